The number of amides is 1. The molecule has 0 atom stereocenters. The highest BCUT2D eigenvalue weighted by Crippen LogP contribution is 2.34. The van der Waals surface area contributed by atoms with Crippen molar-refractivity contribution in [2.45, 2.75) is 11.4 Å². The molecule has 1 aliphatic heterocycles. The third kappa shape index (κ3) is 5.23. The lowest BCUT2D eigenvalue weighted by atomic mass is 10.2. The second-order valence-corrected chi connectivity index (χ2v) is 9.06. The van der Waals surface area contributed by atoms with E-state index in [1.54, 1.807) is 0 Å². The Morgan fingerprint density at radius 2 is 1.48 bits per heavy atom. The van der Waals surface area contributed by atoms with Crippen LogP contribution in [0.1, 0.15) is 5.56 Å². The van der Waals surface area contributed by atoms with Gasteiger partial charge in [0.05, 0.1) is 10.6 Å². The van der Waals surface area contributed by atoms with Crippen molar-refractivity contribution < 1.29 is 31.5 Å². The second-order valence-electron chi connectivity index (χ2n) is 7.20. The Morgan fingerprint density at radius 3 is 2.15 bits per heavy atom. The molecule has 0 bridgehead atoms. The molecule has 172 valence electrons. The maximum atomic E-state index is 13.5. The Bertz CT molecular complexity index is 1250. The first-order valence-corrected chi connectivity index (χ1v) is 11.5. The summed E-state index contributed by atoms with van der Waals surface area (Å²) in [6.07, 6.45) is 0. The quantitative estimate of drug-likeness (QED) is 0.568. The highest BCUT2D eigenvalue weighted by molar-refractivity contribution is 7.92. The highest BCUT2D eigenvalue weighted by atomic mass is 32.2. The second kappa shape index (κ2) is 9.45. The van der Waals surface area contributed by atoms with Gasteiger partial charge >= 0.3 is 0 Å². The highest BCUT2D eigenvalue weighted by Gasteiger charge is 2.29. The molecule has 3 aromatic rings. The van der Waals surface area contributed by atoms with Gasteiger partial charge in [-0.25, -0.2) is 17.2 Å². The molecule has 0 aromatic heterocycles. The van der Waals surface area contributed by atoms with Crippen LogP contribution in [0.4, 0.5) is 14.5 Å². The van der Waals surface area contributed by atoms with Crippen LogP contribution < -0.4 is 19.1 Å². The number of benzene rings is 3. The fourth-order valence-electron chi connectivity index (χ4n) is 3.22. The molecule has 0 fully saturated rings. The summed E-state index contributed by atoms with van der Waals surface area (Å²) in [6.45, 7) is 0.170. The Labute approximate surface area is 189 Å². The molecule has 0 saturated heterocycles. The van der Waals surface area contributed by atoms with Crippen LogP contribution in [0.15, 0.2) is 71.6 Å². The average molecular weight is 474 g/mol. The van der Waals surface area contributed by atoms with E-state index < -0.39 is 34.1 Å². The first-order chi connectivity index (χ1) is 15.8. The van der Waals surface area contributed by atoms with Crippen LogP contribution in [0.5, 0.6) is 11.5 Å². The van der Waals surface area contributed by atoms with Crippen molar-refractivity contribution >= 4 is 21.6 Å². The van der Waals surface area contributed by atoms with Gasteiger partial charge in [-0.3, -0.25) is 9.10 Å². The zero-order valence-corrected chi connectivity index (χ0v) is 18.1. The maximum Gasteiger partial charge on any atom is 0.264 e. The molecule has 0 aliphatic carbocycles. The van der Waals surface area contributed by atoms with E-state index in [0.29, 0.717) is 17.9 Å². The van der Waals surface area contributed by atoms with Crippen LogP contribution in [0, 0.1) is 11.6 Å². The lowest BCUT2D eigenvalue weighted by Crippen LogP contribution is -2.40. The maximum absolute atomic E-state index is 13.5. The smallest absolute Gasteiger partial charge is 0.264 e. The lowest BCUT2D eigenvalue weighted by molar-refractivity contribution is -0.119. The van der Waals surface area contributed by atoms with Gasteiger partial charge in [-0.15, -0.1) is 0 Å². The molecule has 1 aliphatic rings. The number of halogens is 2. The summed E-state index contributed by atoms with van der Waals surface area (Å²) in [5.41, 5.74) is 0.760. The molecule has 0 spiro atoms. The van der Waals surface area contributed by atoms with Gasteiger partial charge in [0.2, 0.25) is 5.91 Å². The van der Waals surface area contributed by atoms with E-state index in [9.17, 15) is 22.0 Å². The topological polar surface area (TPSA) is 84.9 Å². The zero-order valence-electron chi connectivity index (χ0n) is 17.3. The summed E-state index contributed by atoms with van der Waals surface area (Å²) in [7, 11) is -4.22. The number of sulfonamides is 1. The number of fused-ring (bicyclic) bond motifs is 1. The Kier molecular flexibility index (Phi) is 6.45. The van der Waals surface area contributed by atoms with Crippen LogP contribution in [0.2, 0.25) is 0 Å². The molecule has 4 rings (SSSR count). The van der Waals surface area contributed by atoms with Gasteiger partial charge in [0.15, 0.2) is 11.5 Å². The molecule has 1 amide bonds. The van der Waals surface area contributed by atoms with Gasteiger partial charge in [-0.05, 0) is 54.1 Å². The number of carbonyl (C=O) groups is 1. The normalized spacial score (nSPS) is 12.8. The van der Waals surface area contributed by atoms with E-state index in [1.807, 2.05) is 0 Å². The fraction of sp³-hybridized carbons (Fsp3) is 0.174. The minimum Gasteiger partial charge on any atom is -0.486 e. The molecule has 7 nitrogen and oxygen atoms in total. The number of anilines is 1. The Hall–Kier alpha value is -3.66. The van der Waals surface area contributed by atoms with Gasteiger partial charge < -0.3 is 14.8 Å². The van der Waals surface area contributed by atoms with Gasteiger partial charge in [-0.2, -0.15) is 0 Å². The van der Waals surface area contributed by atoms with Crippen LogP contribution in [-0.4, -0.2) is 34.1 Å². The molecule has 0 radical (unpaired) electrons. The first-order valence-electron chi connectivity index (χ1n) is 10.0. The van der Waals surface area contributed by atoms with Crippen LogP contribution in [0.25, 0.3) is 0 Å². The summed E-state index contributed by atoms with van der Waals surface area (Å²) < 4.78 is 65.2. The van der Waals surface area contributed by atoms with Crippen LogP contribution in [-0.2, 0) is 21.4 Å². The zero-order chi connectivity index (χ0) is 23.4. The SMILES string of the molecule is O=C(CN(c1ccc(F)cc1)S(=O)(=O)c1ccc2c(c1)OCCO2)NCc1ccc(F)cc1. The number of nitrogens with zero attached hydrogens (tertiary/aromatic N) is 1. The number of hydrogen-bond donors (Lipinski definition) is 1. The van der Waals surface area contributed by atoms with Gasteiger partial charge in [-0.1, -0.05) is 12.1 Å². The molecule has 10 heteroatoms. The van der Waals surface area contributed by atoms with Crippen molar-refractivity contribution in [2.75, 3.05) is 24.1 Å². The molecule has 33 heavy (non-hydrogen) atoms. The standard InChI is InChI=1S/C23H20F2N2O5S/c24-17-3-1-16(2-4-17)14-26-23(28)15-27(19-7-5-18(25)6-8-19)33(29,30)20-9-10-21-22(13-20)32-12-11-31-21/h1-10,13H,11-12,14-15H2,(H,26,28). The number of ether oxygens (including phenoxy) is 2. The van der Waals surface area contributed by atoms with Gasteiger partial charge in [0.1, 0.15) is 31.4 Å². The monoisotopic (exact) mass is 474 g/mol. The third-order valence-corrected chi connectivity index (χ3v) is 6.68. The Morgan fingerprint density at radius 1 is 0.879 bits per heavy atom. The first kappa shape index (κ1) is 22.5. The minimum atomic E-state index is -4.22. The molecule has 1 N–H and O–H groups in total. The van der Waals surface area contributed by atoms with Crippen molar-refractivity contribution in [2.24, 2.45) is 0 Å². The van der Waals surface area contributed by atoms with Crippen molar-refractivity contribution in [3.05, 3.63) is 83.9 Å². The molecular formula is C23H20F2N2O5S. The van der Waals surface area contributed by atoms with E-state index in [4.69, 9.17) is 9.47 Å². The average Bonchev–Trinajstić information content (AvgIpc) is 2.82. The summed E-state index contributed by atoms with van der Waals surface area (Å²) in [6, 6.07) is 14.5. The fourth-order valence-corrected chi connectivity index (χ4v) is 4.66. The van der Waals surface area contributed by atoms with Gasteiger partial charge in [0.25, 0.3) is 10.0 Å². The van der Waals surface area contributed by atoms with Crippen LogP contribution >= 0.6 is 0 Å². The summed E-state index contributed by atoms with van der Waals surface area (Å²) in [4.78, 5) is 12.5. The number of carbonyl (C=O) groups excluding carboxylic acids is 1. The van der Waals surface area contributed by atoms with E-state index in [0.717, 1.165) is 16.4 Å². The van der Waals surface area contributed by atoms with Crippen LogP contribution in [0.3, 0.4) is 0 Å². The van der Waals surface area contributed by atoms with E-state index in [-0.39, 0.29) is 29.5 Å². The van der Waals surface area contributed by atoms with E-state index in [1.165, 1.54) is 54.6 Å². The van der Waals surface area contributed by atoms with Crippen molar-refractivity contribution in [1.82, 2.24) is 5.32 Å². The predicted octanol–water partition coefficient (Wildman–Crippen LogP) is 3.25. The molecule has 1 heterocycles. The summed E-state index contributed by atoms with van der Waals surface area (Å²) >= 11 is 0. The molecule has 0 unspecified atom stereocenters. The van der Waals surface area contributed by atoms with Crippen molar-refractivity contribution in [3.63, 3.8) is 0 Å². The molecular weight excluding hydrogens is 454 g/mol. The van der Waals surface area contributed by atoms with Crippen molar-refractivity contribution in [3.8, 4) is 11.5 Å². The lowest BCUT2D eigenvalue weighted by Gasteiger charge is -2.25. The number of hydrogen-bond acceptors (Lipinski definition) is 5. The van der Waals surface area contributed by atoms with E-state index >= 15 is 0 Å². The number of rotatable bonds is 7. The summed E-state index contributed by atoms with van der Waals surface area (Å²) in [5.74, 6) is -0.841. The third-order valence-electron chi connectivity index (χ3n) is 4.91. The van der Waals surface area contributed by atoms with E-state index in [2.05, 4.69) is 5.32 Å². The molecule has 0 saturated carbocycles. The van der Waals surface area contributed by atoms with Gasteiger partial charge in [0, 0.05) is 12.6 Å². The minimum absolute atomic E-state index is 0.0838. The Balaban J connectivity index is 1.59. The predicted molar refractivity (Wildman–Crippen MR) is 117 cm³/mol. The number of nitrogens with one attached hydrogen (secondary N) is 1. The molecule has 3 aromatic carbocycles. The van der Waals surface area contributed by atoms with Crippen molar-refractivity contribution in [1.29, 1.82) is 0 Å². The summed E-state index contributed by atoms with van der Waals surface area (Å²) in [5, 5.41) is 2.62. The largest absolute Gasteiger partial charge is 0.486 e.